The Kier molecular flexibility index (Phi) is 4.43. The molecule has 25 heavy (non-hydrogen) atoms. The maximum Gasteiger partial charge on any atom is 0.225 e. The summed E-state index contributed by atoms with van der Waals surface area (Å²) in [7, 11) is 0. The van der Waals surface area contributed by atoms with Crippen LogP contribution in [0.4, 0.5) is 0 Å². The van der Waals surface area contributed by atoms with Crippen molar-refractivity contribution in [3.05, 3.63) is 48.0 Å². The first-order valence-electron chi connectivity index (χ1n) is 9.25. The van der Waals surface area contributed by atoms with Gasteiger partial charge in [0, 0.05) is 25.4 Å². The lowest BCUT2D eigenvalue weighted by Gasteiger charge is -2.19. The average Bonchev–Trinajstić information content (AvgIpc) is 3.26. The first kappa shape index (κ1) is 16.1. The van der Waals surface area contributed by atoms with Crippen LogP contribution in [-0.4, -0.2) is 29.3 Å². The van der Waals surface area contributed by atoms with E-state index in [1.165, 1.54) is 10.8 Å². The first-order chi connectivity index (χ1) is 12.2. The van der Waals surface area contributed by atoms with E-state index >= 15 is 0 Å². The molecule has 2 aromatic rings. The largest absolute Gasteiger partial charge is 0.351 e. The Hall–Kier alpha value is -2.36. The molecule has 2 fully saturated rings. The molecule has 0 aromatic heterocycles. The Morgan fingerprint density at radius 1 is 1.08 bits per heavy atom. The van der Waals surface area contributed by atoms with Gasteiger partial charge in [-0.1, -0.05) is 55.3 Å². The van der Waals surface area contributed by atoms with Crippen molar-refractivity contribution in [3.8, 4) is 0 Å². The summed E-state index contributed by atoms with van der Waals surface area (Å²) < 4.78 is 0. The molecule has 1 aliphatic heterocycles. The van der Waals surface area contributed by atoms with Crippen LogP contribution in [0, 0.1) is 5.92 Å². The topological polar surface area (TPSA) is 49.4 Å². The Balaban J connectivity index is 1.43. The molecular formula is C21H24N2O2. The molecule has 4 heteroatoms. The maximum atomic E-state index is 12.4. The van der Waals surface area contributed by atoms with Crippen LogP contribution in [-0.2, 0) is 16.1 Å². The quantitative estimate of drug-likeness (QED) is 0.932. The van der Waals surface area contributed by atoms with Crippen LogP contribution >= 0.6 is 0 Å². The minimum atomic E-state index is -0.0458. The van der Waals surface area contributed by atoms with Crippen molar-refractivity contribution in [2.45, 2.75) is 44.7 Å². The van der Waals surface area contributed by atoms with Gasteiger partial charge in [0.2, 0.25) is 11.8 Å². The summed E-state index contributed by atoms with van der Waals surface area (Å²) in [5.41, 5.74) is 1.16. The predicted octanol–water partition coefficient (Wildman–Crippen LogP) is 3.25. The molecule has 1 atom stereocenters. The first-order valence-corrected chi connectivity index (χ1v) is 9.25. The molecular weight excluding hydrogens is 312 g/mol. The fourth-order valence-corrected chi connectivity index (χ4v) is 4.16. The highest BCUT2D eigenvalue weighted by atomic mass is 16.2. The number of fused-ring (bicyclic) bond motifs is 1. The minimum Gasteiger partial charge on any atom is -0.351 e. The number of amides is 2. The summed E-state index contributed by atoms with van der Waals surface area (Å²) in [6, 6.07) is 14.4. The summed E-state index contributed by atoms with van der Waals surface area (Å²) in [5, 5.41) is 5.49. The molecule has 0 spiro atoms. The van der Waals surface area contributed by atoms with Crippen molar-refractivity contribution in [1.82, 2.24) is 10.2 Å². The SMILES string of the molecule is O=C(NC1CC(=O)N(Cc2cccc3ccccc23)C1)C1CCCC1. The molecule has 1 unspecified atom stereocenters. The molecule has 1 saturated heterocycles. The standard InChI is InChI=1S/C21H24N2O2/c24-20-12-18(22-21(25)16-7-1-2-8-16)14-23(20)13-17-10-5-9-15-6-3-4-11-19(15)17/h3-6,9-11,16,18H,1-2,7-8,12-14H2,(H,22,25). The molecule has 1 N–H and O–H groups in total. The number of benzene rings is 2. The van der Waals surface area contributed by atoms with Gasteiger partial charge in [0.1, 0.15) is 0 Å². The van der Waals surface area contributed by atoms with E-state index in [4.69, 9.17) is 0 Å². The number of rotatable bonds is 4. The highest BCUT2D eigenvalue weighted by Crippen LogP contribution is 2.26. The van der Waals surface area contributed by atoms with Crippen molar-refractivity contribution in [2.75, 3.05) is 6.54 Å². The number of likely N-dealkylation sites (tertiary alicyclic amines) is 1. The van der Waals surface area contributed by atoms with Gasteiger partial charge < -0.3 is 10.2 Å². The predicted molar refractivity (Wildman–Crippen MR) is 97.9 cm³/mol. The van der Waals surface area contributed by atoms with E-state index in [2.05, 4.69) is 29.6 Å². The molecule has 1 saturated carbocycles. The van der Waals surface area contributed by atoms with Crippen LogP contribution in [0.15, 0.2) is 42.5 Å². The molecule has 4 nitrogen and oxygen atoms in total. The van der Waals surface area contributed by atoms with Crippen molar-refractivity contribution < 1.29 is 9.59 Å². The van der Waals surface area contributed by atoms with Crippen LogP contribution in [0.3, 0.4) is 0 Å². The summed E-state index contributed by atoms with van der Waals surface area (Å²) in [6.45, 7) is 1.22. The zero-order valence-corrected chi connectivity index (χ0v) is 14.4. The van der Waals surface area contributed by atoms with Crippen molar-refractivity contribution in [2.24, 2.45) is 5.92 Å². The molecule has 0 radical (unpaired) electrons. The number of nitrogens with zero attached hydrogens (tertiary/aromatic N) is 1. The van der Waals surface area contributed by atoms with Gasteiger partial charge in [-0.25, -0.2) is 0 Å². The number of carbonyl (C=O) groups excluding carboxylic acids is 2. The second-order valence-corrected chi connectivity index (χ2v) is 7.30. The third kappa shape index (κ3) is 3.39. The molecule has 130 valence electrons. The molecule has 4 rings (SSSR count). The summed E-state index contributed by atoms with van der Waals surface area (Å²) >= 11 is 0. The molecule has 0 bridgehead atoms. The van der Waals surface area contributed by atoms with E-state index in [1.54, 1.807) is 0 Å². The number of hydrogen-bond donors (Lipinski definition) is 1. The third-order valence-corrected chi connectivity index (χ3v) is 5.53. The van der Waals surface area contributed by atoms with Crippen molar-refractivity contribution in [3.63, 3.8) is 0 Å². The third-order valence-electron chi connectivity index (χ3n) is 5.53. The van der Waals surface area contributed by atoms with Crippen LogP contribution in [0.1, 0.15) is 37.7 Å². The van der Waals surface area contributed by atoms with Crippen LogP contribution in [0.25, 0.3) is 10.8 Å². The smallest absolute Gasteiger partial charge is 0.225 e. The second kappa shape index (κ2) is 6.87. The molecule has 2 amide bonds. The van der Waals surface area contributed by atoms with Gasteiger partial charge >= 0.3 is 0 Å². The van der Waals surface area contributed by atoms with E-state index in [0.29, 0.717) is 19.5 Å². The normalized spacial score (nSPS) is 21.2. The van der Waals surface area contributed by atoms with E-state index in [-0.39, 0.29) is 23.8 Å². The van der Waals surface area contributed by atoms with Gasteiger partial charge in [-0.15, -0.1) is 0 Å². The van der Waals surface area contributed by atoms with Gasteiger partial charge in [0.25, 0.3) is 0 Å². The minimum absolute atomic E-state index is 0.0458. The van der Waals surface area contributed by atoms with Gasteiger partial charge in [0.05, 0.1) is 6.04 Å². The van der Waals surface area contributed by atoms with E-state index in [0.717, 1.165) is 31.2 Å². The average molecular weight is 336 g/mol. The maximum absolute atomic E-state index is 12.4. The van der Waals surface area contributed by atoms with Crippen LogP contribution in [0.5, 0.6) is 0 Å². The fraction of sp³-hybridized carbons (Fsp3) is 0.429. The Bertz CT molecular complexity index is 790. The Morgan fingerprint density at radius 2 is 1.84 bits per heavy atom. The van der Waals surface area contributed by atoms with E-state index in [9.17, 15) is 9.59 Å². The zero-order valence-electron chi connectivity index (χ0n) is 14.4. The van der Waals surface area contributed by atoms with E-state index < -0.39 is 0 Å². The Labute approximate surface area is 148 Å². The van der Waals surface area contributed by atoms with Crippen molar-refractivity contribution in [1.29, 1.82) is 0 Å². The zero-order chi connectivity index (χ0) is 17.2. The van der Waals surface area contributed by atoms with Gasteiger partial charge in [-0.3, -0.25) is 9.59 Å². The molecule has 2 aliphatic rings. The van der Waals surface area contributed by atoms with E-state index in [1.807, 2.05) is 23.1 Å². The lowest BCUT2D eigenvalue weighted by Crippen LogP contribution is -2.39. The number of carbonyl (C=O) groups is 2. The highest BCUT2D eigenvalue weighted by Gasteiger charge is 2.32. The van der Waals surface area contributed by atoms with Gasteiger partial charge in [-0.05, 0) is 29.2 Å². The number of hydrogen-bond acceptors (Lipinski definition) is 2. The second-order valence-electron chi connectivity index (χ2n) is 7.30. The molecule has 1 aliphatic carbocycles. The molecule has 2 aromatic carbocycles. The monoisotopic (exact) mass is 336 g/mol. The fourth-order valence-electron chi connectivity index (χ4n) is 4.16. The van der Waals surface area contributed by atoms with Crippen LogP contribution in [0.2, 0.25) is 0 Å². The Morgan fingerprint density at radius 3 is 2.68 bits per heavy atom. The lowest BCUT2D eigenvalue weighted by molar-refractivity contribution is -0.128. The summed E-state index contributed by atoms with van der Waals surface area (Å²) in [4.78, 5) is 26.6. The summed E-state index contributed by atoms with van der Waals surface area (Å²) in [5.74, 6) is 0.425. The molecule has 1 heterocycles. The van der Waals surface area contributed by atoms with Crippen molar-refractivity contribution >= 4 is 22.6 Å². The van der Waals surface area contributed by atoms with Crippen LogP contribution < -0.4 is 5.32 Å². The highest BCUT2D eigenvalue weighted by molar-refractivity contribution is 5.87. The van der Waals surface area contributed by atoms with Gasteiger partial charge in [-0.2, -0.15) is 0 Å². The summed E-state index contributed by atoms with van der Waals surface area (Å²) in [6.07, 6.45) is 4.70. The van der Waals surface area contributed by atoms with Gasteiger partial charge in [0.15, 0.2) is 0 Å². The lowest BCUT2D eigenvalue weighted by atomic mass is 10.0. The number of nitrogens with one attached hydrogen (secondary N) is 1.